The van der Waals surface area contributed by atoms with Gasteiger partial charge in [0.2, 0.25) is 0 Å². The minimum atomic E-state index is -0.367. The van der Waals surface area contributed by atoms with Crippen molar-refractivity contribution in [1.82, 2.24) is 0 Å². The Labute approximate surface area is 126 Å². The second-order valence-electron chi connectivity index (χ2n) is 4.16. The molecule has 0 atom stereocenters. The van der Waals surface area contributed by atoms with E-state index in [1.54, 1.807) is 25.1 Å². The number of hydrogen-bond acceptors (Lipinski definition) is 4. The average Bonchev–Trinajstić information content (AvgIpc) is 2.41. The molecule has 0 fully saturated rings. The molecular formula is C15H15BrN2O2. The van der Waals surface area contributed by atoms with Crippen LogP contribution in [0.2, 0.25) is 0 Å². The first-order valence-corrected chi connectivity index (χ1v) is 6.98. The molecule has 20 heavy (non-hydrogen) atoms. The molecule has 2 aromatic carbocycles. The summed E-state index contributed by atoms with van der Waals surface area (Å²) in [7, 11) is 0. The summed E-state index contributed by atoms with van der Waals surface area (Å²) in [5.74, 6) is -0.367. The minimum Gasteiger partial charge on any atom is -0.462 e. The Morgan fingerprint density at radius 1 is 1.30 bits per heavy atom. The number of nitrogens with one attached hydrogen (secondary N) is 1. The number of anilines is 3. The number of carbonyl (C=O) groups excluding carboxylic acids is 1. The molecule has 0 saturated carbocycles. The maximum atomic E-state index is 11.6. The summed E-state index contributed by atoms with van der Waals surface area (Å²) < 4.78 is 5.91. The van der Waals surface area contributed by atoms with E-state index in [1.165, 1.54) is 0 Å². The molecule has 0 aliphatic heterocycles. The summed E-state index contributed by atoms with van der Waals surface area (Å²) in [4.78, 5) is 11.6. The van der Waals surface area contributed by atoms with Gasteiger partial charge in [-0.25, -0.2) is 4.79 Å². The zero-order valence-electron chi connectivity index (χ0n) is 11.0. The van der Waals surface area contributed by atoms with E-state index < -0.39 is 0 Å². The second kappa shape index (κ2) is 6.43. The van der Waals surface area contributed by atoms with Crippen LogP contribution < -0.4 is 11.1 Å². The fourth-order valence-corrected chi connectivity index (χ4v) is 2.14. The second-order valence-corrected chi connectivity index (χ2v) is 5.07. The van der Waals surface area contributed by atoms with E-state index in [4.69, 9.17) is 10.5 Å². The van der Waals surface area contributed by atoms with Crippen LogP contribution in [0.3, 0.4) is 0 Å². The van der Waals surface area contributed by atoms with Crippen molar-refractivity contribution in [3.05, 3.63) is 52.5 Å². The van der Waals surface area contributed by atoms with Gasteiger partial charge in [0.15, 0.2) is 0 Å². The highest BCUT2D eigenvalue weighted by atomic mass is 79.9. The average molecular weight is 335 g/mol. The SMILES string of the molecule is CCOC(=O)c1ccc(Nc2cccc(Br)c2)c(N)c1. The van der Waals surface area contributed by atoms with Crippen molar-refractivity contribution in [2.75, 3.05) is 17.7 Å². The molecule has 104 valence electrons. The van der Waals surface area contributed by atoms with Crippen molar-refractivity contribution in [2.45, 2.75) is 6.92 Å². The highest BCUT2D eigenvalue weighted by Gasteiger charge is 2.09. The number of esters is 1. The van der Waals surface area contributed by atoms with Gasteiger partial charge in [-0.2, -0.15) is 0 Å². The number of halogens is 1. The van der Waals surface area contributed by atoms with Gasteiger partial charge in [-0.15, -0.1) is 0 Å². The lowest BCUT2D eigenvalue weighted by molar-refractivity contribution is 0.0526. The lowest BCUT2D eigenvalue weighted by atomic mass is 10.1. The van der Waals surface area contributed by atoms with Gasteiger partial charge in [0.05, 0.1) is 23.5 Å². The van der Waals surface area contributed by atoms with Crippen molar-refractivity contribution in [2.24, 2.45) is 0 Å². The van der Waals surface area contributed by atoms with E-state index in [2.05, 4.69) is 21.2 Å². The van der Waals surface area contributed by atoms with Gasteiger partial charge in [-0.3, -0.25) is 0 Å². The standard InChI is InChI=1S/C15H15BrN2O2/c1-2-20-15(19)10-6-7-14(13(17)8-10)18-12-5-3-4-11(16)9-12/h3-9,18H,2,17H2,1H3. The van der Waals surface area contributed by atoms with E-state index in [1.807, 2.05) is 24.3 Å². The molecule has 0 aliphatic carbocycles. The third-order valence-corrected chi connectivity index (χ3v) is 3.16. The molecule has 0 unspecified atom stereocenters. The molecule has 4 nitrogen and oxygen atoms in total. The summed E-state index contributed by atoms with van der Waals surface area (Å²) >= 11 is 3.41. The Hall–Kier alpha value is -2.01. The van der Waals surface area contributed by atoms with Crippen molar-refractivity contribution in [3.8, 4) is 0 Å². The molecule has 0 bridgehead atoms. The number of nitrogens with two attached hydrogens (primary N) is 1. The van der Waals surface area contributed by atoms with Crippen LogP contribution in [0.1, 0.15) is 17.3 Å². The van der Waals surface area contributed by atoms with Gasteiger partial charge in [0.1, 0.15) is 0 Å². The van der Waals surface area contributed by atoms with Gasteiger partial charge < -0.3 is 15.8 Å². The first-order chi connectivity index (χ1) is 9.60. The quantitative estimate of drug-likeness (QED) is 0.656. The fourth-order valence-electron chi connectivity index (χ4n) is 1.74. The summed E-state index contributed by atoms with van der Waals surface area (Å²) in [5, 5.41) is 3.20. The largest absolute Gasteiger partial charge is 0.462 e. The number of rotatable bonds is 4. The Kier molecular flexibility index (Phi) is 4.63. The molecule has 0 spiro atoms. The Morgan fingerprint density at radius 3 is 2.75 bits per heavy atom. The first kappa shape index (κ1) is 14.4. The van der Waals surface area contributed by atoms with E-state index in [-0.39, 0.29) is 5.97 Å². The third-order valence-electron chi connectivity index (χ3n) is 2.67. The zero-order valence-corrected chi connectivity index (χ0v) is 12.6. The molecule has 0 aromatic heterocycles. The fraction of sp³-hybridized carbons (Fsp3) is 0.133. The van der Waals surface area contributed by atoms with E-state index in [0.29, 0.717) is 17.9 Å². The Balaban J connectivity index is 2.20. The topological polar surface area (TPSA) is 64.3 Å². The Morgan fingerprint density at radius 2 is 2.10 bits per heavy atom. The molecule has 2 rings (SSSR count). The highest BCUT2D eigenvalue weighted by Crippen LogP contribution is 2.26. The predicted molar refractivity (Wildman–Crippen MR) is 84.2 cm³/mol. The summed E-state index contributed by atoms with van der Waals surface area (Å²) in [6.07, 6.45) is 0. The van der Waals surface area contributed by atoms with E-state index in [9.17, 15) is 4.79 Å². The van der Waals surface area contributed by atoms with Crippen LogP contribution in [0.4, 0.5) is 17.1 Å². The van der Waals surface area contributed by atoms with Crippen LogP contribution in [0.5, 0.6) is 0 Å². The number of carbonyl (C=O) groups is 1. The molecule has 2 aromatic rings. The number of hydrogen-bond donors (Lipinski definition) is 2. The van der Waals surface area contributed by atoms with Crippen LogP contribution in [-0.4, -0.2) is 12.6 Å². The van der Waals surface area contributed by atoms with Gasteiger partial charge in [0.25, 0.3) is 0 Å². The van der Waals surface area contributed by atoms with Crippen LogP contribution in [0.15, 0.2) is 46.9 Å². The van der Waals surface area contributed by atoms with Gasteiger partial charge in [-0.1, -0.05) is 22.0 Å². The van der Waals surface area contributed by atoms with Gasteiger partial charge in [-0.05, 0) is 43.3 Å². The van der Waals surface area contributed by atoms with Crippen LogP contribution in [0, 0.1) is 0 Å². The third kappa shape index (κ3) is 3.51. The lowest BCUT2D eigenvalue weighted by Gasteiger charge is -2.11. The molecule has 0 saturated heterocycles. The van der Waals surface area contributed by atoms with Crippen molar-refractivity contribution >= 4 is 39.0 Å². The van der Waals surface area contributed by atoms with Crippen molar-refractivity contribution in [1.29, 1.82) is 0 Å². The van der Waals surface area contributed by atoms with Crippen LogP contribution in [0.25, 0.3) is 0 Å². The van der Waals surface area contributed by atoms with Crippen LogP contribution >= 0.6 is 15.9 Å². The van der Waals surface area contributed by atoms with E-state index in [0.717, 1.165) is 15.8 Å². The Bertz CT molecular complexity index is 629. The molecule has 0 radical (unpaired) electrons. The summed E-state index contributed by atoms with van der Waals surface area (Å²) in [5.41, 5.74) is 8.56. The molecule has 0 amide bonds. The number of benzene rings is 2. The molecule has 0 aliphatic rings. The molecule has 0 heterocycles. The number of nitrogen functional groups attached to an aromatic ring is 1. The summed E-state index contributed by atoms with van der Waals surface area (Å²) in [6, 6.07) is 12.8. The molecule has 5 heteroatoms. The lowest BCUT2D eigenvalue weighted by Crippen LogP contribution is -2.06. The van der Waals surface area contributed by atoms with Crippen molar-refractivity contribution in [3.63, 3.8) is 0 Å². The minimum absolute atomic E-state index is 0.344. The van der Waals surface area contributed by atoms with Gasteiger partial charge in [0, 0.05) is 10.2 Å². The molecule has 3 N–H and O–H groups in total. The first-order valence-electron chi connectivity index (χ1n) is 6.19. The predicted octanol–water partition coefficient (Wildman–Crippen LogP) is 3.95. The van der Waals surface area contributed by atoms with Crippen molar-refractivity contribution < 1.29 is 9.53 Å². The normalized spacial score (nSPS) is 10.1. The smallest absolute Gasteiger partial charge is 0.338 e. The highest BCUT2D eigenvalue weighted by molar-refractivity contribution is 9.10. The summed E-state index contributed by atoms with van der Waals surface area (Å²) in [6.45, 7) is 2.11. The maximum absolute atomic E-state index is 11.6. The van der Waals surface area contributed by atoms with Crippen LogP contribution in [-0.2, 0) is 4.74 Å². The van der Waals surface area contributed by atoms with Gasteiger partial charge >= 0.3 is 5.97 Å². The molecular weight excluding hydrogens is 320 g/mol. The maximum Gasteiger partial charge on any atom is 0.338 e. The van der Waals surface area contributed by atoms with E-state index >= 15 is 0 Å². The number of ether oxygens (including phenoxy) is 1. The monoisotopic (exact) mass is 334 g/mol. The zero-order chi connectivity index (χ0) is 14.5.